The molecule has 1 saturated heterocycles. The van der Waals surface area contributed by atoms with Crippen molar-refractivity contribution in [3.05, 3.63) is 41.8 Å². The van der Waals surface area contributed by atoms with Gasteiger partial charge < -0.3 is 4.74 Å². The summed E-state index contributed by atoms with van der Waals surface area (Å²) in [4.78, 5) is 0. The topological polar surface area (TPSA) is 12.5 Å². The van der Waals surface area contributed by atoms with E-state index in [1.165, 1.54) is 17.9 Å². The molecule has 1 aliphatic heterocycles. The second-order valence-electron chi connectivity index (χ2n) is 3.95. The fraction of sp³-hybridized carbons (Fsp3) is 0.462. The molecule has 0 amide bonds. The van der Waals surface area contributed by atoms with Gasteiger partial charge >= 0.3 is 0 Å². The molecule has 75 valence electrons. The Labute approximate surface area is 86.1 Å². The monoisotopic (exact) mass is 189 g/mol. The van der Waals surface area contributed by atoms with E-state index in [0.29, 0.717) is 12.0 Å². The van der Waals surface area contributed by atoms with E-state index >= 15 is 0 Å². The average Bonchev–Trinajstić information content (AvgIpc) is 3.04. The maximum atomic E-state index is 5.41. The van der Waals surface area contributed by atoms with Crippen molar-refractivity contribution in [3.63, 3.8) is 0 Å². The standard InChI is InChI=1S/C13H17O/c1-3-10(2)13(12-9-14-12)11-7-5-4-6-8-11/h4-8,10,12H,3,9H2,1-2H3. The van der Waals surface area contributed by atoms with E-state index < -0.39 is 0 Å². The van der Waals surface area contributed by atoms with Crippen molar-refractivity contribution in [1.29, 1.82) is 0 Å². The molecule has 1 heterocycles. The number of ether oxygens (including phenoxy) is 1. The van der Waals surface area contributed by atoms with E-state index in [4.69, 9.17) is 4.74 Å². The molecule has 0 spiro atoms. The minimum absolute atomic E-state index is 0.396. The third-order valence-electron chi connectivity index (χ3n) is 2.93. The molecule has 2 atom stereocenters. The zero-order valence-electron chi connectivity index (χ0n) is 8.86. The molecule has 1 aliphatic rings. The van der Waals surface area contributed by atoms with Gasteiger partial charge in [0, 0.05) is 5.92 Å². The molecule has 1 nitrogen and oxygen atoms in total. The molecule has 1 heteroatoms. The van der Waals surface area contributed by atoms with Gasteiger partial charge in [0.2, 0.25) is 0 Å². The number of benzene rings is 1. The lowest BCUT2D eigenvalue weighted by Gasteiger charge is -2.20. The predicted molar refractivity (Wildman–Crippen MR) is 58.0 cm³/mol. The summed E-state index contributed by atoms with van der Waals surface area (Å²) in [6, 6.07) is 10.6. The van der Waals surface area contributed by atoms with Crippen LogP contribution in [0.4, 0.5) is 0 Å². The Hall–Kier alpha value is -0.820. The van der Waals surface area contributed by atoms with Crippen LogP contribution in [-0.4, -0.2) is 12.7 Å². The van der Waals surface area contributed by atoms with Crippen LogP contribution >= 0.6 is 0 Å². The van der Waals surface area contributed by atoms with Crippen molar-refractivity contribution >= 4 is 0 Å². The van der Waals surface area contributed by atoms with Crippen molar-refractivity contribution in [2.24, 2.45) is 5.92 Å². The number of epoxide rings is 1. The van der Waals surface area contributed by atoms with Gasteiger partial charge in [-0.1, -0.05) is 50.6 Å². The summed E-state index contributed by atoms with van der Waals surface area (Å²) >= 11 is 0. The Kier molecular flexibility index (Phi) is 2.87. The van der Waals surface area contributed by atoms with Gasteiger partial charge in [0.15, 0.2) is 0 Å². The van der Waals surface area contributed by atoms with Crippen LogP contribution in [-0.2, 0) is 4.74 Å². The lowest BCUT2D eigenvalue weighted by Crippen LogP contribution is -2.16. The average molecular weight is 189 g/mol. The Morgan fingerprint density at radius 3 is 2.57 bits per heavy atom. The van der Waals surface area contributed by atoms with Gasteiger partial charge in [0.05, 0.1) is 12.7 Å². The highest BCUT2D eigenvalue weighted by atomic mass is 16.6. The highest BCUT2D eigenvalue weighted by Gasteiger charge is 2.37. The summed E-state index contributed by atoms with van der Waals surface area (Å²) in [5.74, 6) is 2.11. The molecule has 14 heavy (non-hydrogen) atoms. The molecule has 0 saturated carbocycles. The smallest absolute Gasteiger partial charge is 0.0918 e. The van der Waals surface area contributed by atoms with Crippen LogP contribution in [0.15, 0.2) is 30.3 Å². The Morgan fingerprint density at radius 1 is 1.43 bits per heavy atom. The summed E-state index contributed by atoms with van der Waals surface area (Å²) in [7, 11) is 0. The SMILES string of the molecule is CCC(C)[C](c1ccccc1)C1CO1. The van der Waals surface area contributed by atoms with Gasteiger partial charge in [0.1, 0.15) is 0 Å². The molecule has 1 radical (unpaired) electrons. The number of hydrogen-bond donors (Lipinski definition) is 0. The van der Waals surface area contributed by atoms with E-state index in [2.05, 4.69) is 44.2 Å². The van der Waals surface area contributed by atoms with Crippen molar-refractivity contribution in [1.82, 2.24) is 0 Å². The van der Waals surface area contributed by atoms with E-state index in [0.717, 1.165) is 6.61 Å². The molecule has 0 aliphatic carbocycles. The van der Waals surface area contributed by atoms with Gasteiger partial charge in [-0.15, -0.1) is 0 Å². The van der Waals surface area contributed by atoms with Crippen molar-refractivity contribution < 1.29 is 4.74 Å². The quantitative estimate of drug-likeness (QED) is 0.663. The van der Waals surface area contributed by atoms with Gasteiger partial charge in [-0.25, -0.2) is 0 Å². The predicted octanol–water partition coefficient (Wildman–Crippen LogP) is 3.05. The second kappa shape index (κ2) is 4.14. The molecule has 2 rings (SSSR count). The van der Waals surface area contributed by atoms with E-state index in [-0.39, 0.29) is 0 Å². The normalized spacial score (nSPS) is 22.4. The molecule has 0 aromatic heterocycles. The first kappa shape index (κ1) is 9.72. The number of hydrogen-bond acceptors (Lipinski definition) is 1. The summed E-state index contributed by atoms with van der Waals surface area (Å²) in [6.07, 6.45) is 1.58. The van der Waals surface area contributed by atoms with Crippen LogP contribution in [0.2, 0.25) is 0 Å². The first-order valence-corrected chi connectivity index (χ1v) is 5.36. The van der Waals surface area contributed by atoms with Crippen LogP contribution in [0.3, 0.4) is 0 Å². The zero-order chi connectivity index (χ0) is 9.97. The lowest BCUT2D eigenvalue weighted by atomic mass is 9.83. The molecule has 1 fully saturated rings. The van der Waals surface area contributed by atoms with E-state index in [1.807, 2.05) is 0 Å². The molecular formula is C13H17O. The van der Waals surface area contributed by atoms with Crippen LogP contribution < -0.4 is 0 Å². The molecule has 0 N–H and O–H groups in total. The van der Waals surface area contributed by atoms with Gasteiger partial charge in [-0.05, 0) is 11.5 Å². The summed E-state index contributed by atoms with van der Waals surface area (Å²) in [5.41, 5.74) is 1.35. The van der Waals surface area contributed by atoms with Gasteiger partial charge in [0.25, 0.3) is 0 Å². The molecule has 1 aromatic rings. The largest absolute Gasteiger partial charge is 0.372 e. The number of rotatable bonds is 4. The molecule has 2 unspecified atom stereocenters. The second-order valence-corrected chi connectivity index (χ2v) is 3.95. The fourth-order valence-corrected chi connectivity index (χ4v) is 1.87. The summed E-state index contributed by atoms with van der Waals surface area (Å²) < 4.78 is 5.41. The van der Waals surface area contributed by atoms with Crippen molar-refractivity contribution in [3.8, 4) is 0 Å². The Bertz CT molecular complexity index is 277. The molecular weight excluding hydrogens is 172 g/mol. The minimum Gasteiger partial charge on any atom is -0.372 e. The van der Waals surface area contributed by atoms with Gasteiger partial charge in [-0.3, -0.25) is 0 Å². The van der Waals surface area contributed by atoms with Crippen LogP contribution in [0.25, 0.3) is 0 Å². The van der Waals surface area contributed by atoms with Crippen LogP contribution in [0, 0.1) is 11.8 Å². The summed E-state index contributed by atoms with van der Waals surface area (Å²) in [6.45, 7) is 5.43. The van der Waals surface area contributed by atoms with Crippen molar-refractivity contribution in [2.75, 3.05) is 6.61 Å². The molecule has 1 aromatic carbocycles. The zero-order valence-corrected chi connectivity index (χ0v) is 8.86. The Morgan fingerprint density at radius 2 is 2.07 bits per heavy atom. The van der Waals surface area contributed by atoms with E-state index in [9.17, 15) is 0 Å². The highest BCUT2D eigenvalue weighted by molar-refractivity contribution is 5.35. The van der Waals surface area contributed by atoms with Crippen molar-refractivity contribution in [2.45, 2.75) is 26.4 Å². The van der Waals surface area contributed by atoms with E-state index in [1.54, 1.807) is 0 Å². The van der Waals surface area contributed by atoms with Crippen LogP contribution in [0.5, 0.6) is 0 Å². The fourth-order valence-electron chi connectivity index (χ4n) is 1.87. The highest BCUT2D eigenvalue weighted by Crippen LogP contribution is 2.36. The third kappa shape index (κ3) is 1.98. The Balaban J connectivity index is 2.18. The third-order valence-corrected chi connectivity index (χ3v) is 2.93. The van der Waals surface area contributed by atoms with Crippen LogP contribution in [0.1, 0.15) is 25.8 Å². The van der Waals surface area contributed by atoms with Gasteiger partial charge in [-0.2, -0.15) is 0 Å². The molecule has 0 bridgehead atoms. The lowest BCUT2D eigenvalue weighted by molar-refractivity contribution is 0.390. The maximum absolute atomic E-state index is 5.41. The minimum atomic E-state index is 0.396. The maximum Gasteiger partial charge on any atom is 0.0918 e. The first-order chi connectivity index (χ1) is 6.83. The first-order valence-electron chi connectivity index (χ1n) is 5.36. The summed E-state index contributed by atoms with van der Waals surface area (Å²) in [5, 5.41) is 0.